The first kappa shape index (κ1) is 19.1. The van der Waals surface area contributed by atoms with Gasteiger partial charge in [0.1, 0.15) is 11.2 Å². The molecule has 0 N–H and O–H groups in total. The zero-order valence-electron chi connectivity index (χ0n) is 17.1. The summed E-state index contributed by atoms with van der Waals surface area (Å²) in [6.45, 7) is 5.12. The number of aryl methyl sites for hydroxylation is 3. The maximum Gasteiger partial charge on any atom is 0.246 e. The smallest absolute Gasteiger partial charge is 0.246 e. The molecule has 0 aromatic carbocycles. The van der Waals surface area contributed by atoms with Gasteiger partial charge in [-0.1, -0.05) is 0 Å². The molecule has 0 spiro atoms. The first-order valence-corrected chi connectivity index (χ1v) is 11.4. The van der Waals surface area contributed by atoms with Gasteiger partial charge in [0.25, 0.3) is 0 Å². The second-order valence-corrected chi connectivity index (χ2v) is 9.53. The summed E-state index contributed by atoms with van der Waals surface area (Å²) >= 11 is 0. The van der Waals surface area contributed by atoms with Gasteiger partial charge < -0.3 is 0 Å². The van der Waals surface area contributed by atoms with E-state index >= 15 is 0 Å². The summed E-state index contributed by atoms with van der Waals surface area (Å²) in [7, 11) is -1.79. The molecular formula is C18H23N9O2S. The van der Waals surface area contributed by atoms with Crippen LogP contribution in [0.3, 0.4) is 0 Å². The van der Waals surface area contributed by atoms with Gasteiger partial charge in [-0.05, 0) is 26.7 Å². The highest BCUT2D eigenvalue weighted by Crippen LogP contribution is 2.30. The quantitative estimate of drug-likeness (QED) is 0.477. The highest BCUT2D eigenvalue weighted by atomic mass is 32.2. The molecule has 1 aliphatic rings. The van der Waals surface area contributed by atoms with Crippen LogP contribution in [0.15, 0.2) is 23.6 Å². The number of fused-ring (bicyclic) bond motifs is 3. The van der Waals surface area contributed by atoms with Gasteiger partial charge in [0.15, 0.2) is 17.1 Å². The molecule has 0 radical (unpaired) electrons. The van der Waals surface area contributed by atoms with Gasteiger partial charge >= 0.3 is 0 Å². The van der Waals surface area contributed by atoms with Crippen LogP contribution in [0.4, 0.5) is 0 Å². The second-order valence-electron chi connectivity index (χ2n) is 7.62. The third kappa shape index (κ3) is 2.89. The van der Waals surface area contributed by atoms with Crippen LogP contribution in [0.1, 0.15) is 37.2 Å². The van der Waals surface area contributed by atoms with Gasteiger partial charge in [-0.25, -0.2) is 22.9 Å². The SMILES string of the molecule is CCn1cc(S(=O)(=O)N2CCC[C@H](c3nc4c5cnn(C)c5ncn4n3)C2)c(C)n1. The fraction of sp³-hybridized carbons (Fsp3) is 0.500. The van der Waals surface area contributed by atoms with Crippen molar-refractivity contribution in [1.29, 1.82) is 0 Å². The summed E-state index contributed by atoms with van der Waals surface area (Å²) in [6.07, 6.45) is 6.54. The lowest BCUT2D eigenvalue weighted by Crippen LogP contribution is -2.39. The van der Waals surface area contributed by atoms with E-state index in [0.29, 0.717) is 36.8 Å². The van der Waals surface area contributed by atoms with Crippen molar-refractivity contribution in [3.63, 3.8) is 0 Å². The fourth-order valence-corrected chi connectivity index (χ4v) is 5.75. The summed E-state index contributed by atoms with van der Waals surface area (Å²) in [5, 5.41) is 13.9. The van der Waals surface area contributed by atoms with Crippen molar-refractivity contribution < 1.29 is 8.42 Å². The van der Waals surface area contributed by atoms with Crippen LogP contribution in [0, 0.1) is 6.92 Å². The van der Waals surface area contributed by atoms with Crippen LogP contribution in [-0.4, -0.2) is 65.0 Å². The molecule has 158 valence electrons. The lowest BCUT2D eigenvalue weighted by atomic mass is 9.99. The molecule has 1 atom stereocenters. The number of nitrogens with zero attached hydrogens (tertiary/aromatic N) is 9. The Labute approximate surface area is 173 Å². The van der Waals surface area contributed by atoms with Gasteiger partial charge in [-0.15, -0.1) is 5.10 Å². The van der Waals surface area contributed by atoms with E-state index in [1.807, 2.05) is 14.0 Å². The van der Waals surface area contributed by atoms with Crippen molar-refractivity contribution in [3.05, 3.63) is 30.2 Å². The topological polar surface area (TPSA) is 116 Å². The fourth-order valence-electron chi connectivity index (χ4n) is 4.05. The minimum atomic E-state index is -3.62. The van der Waals surface area contributed by atoms with Crippen molar-refractivity contribution >= 4 is 26.7 Å². The largest absolute Gasteiger partial charge is 0.271 e. The van der Waals surface area contributed by atoms with Crippen molar-refractivity contribution in [2.75, 3.05) is 13.1 Å². The molecule has 4 aromatic rings. The molecule has 5 rings (SSSR count). The van der Waals surface area contributed by atoms with E-state index in [-0.39, 0.29) is 10.8 Å². The van der Waals surface area contributed by atoms with Gasteiger partial charge in [-0.2, -0.15) is 14.5 Å². The Hall–Kier alpha value is -2.86. The molecule has 0 unspecified atom stereocenters. The molecule has 0 saturated carbocycles. The molecule has 30 heavy (non-hydrogen) atoms. The molecule has 11 nitrogen and oxygen atoms in total. The van der Waals surface area contributed by atoms with E-state index in [2.05, 4.69) is 20.3 Å². The third-order valence-corrected chi connectivity index (χ3v) is 7.65. The zero-order valence-corrected chi connectivity index (χ0v) is 17.9. The minimum Gasteiger partial charge on any atom is -0.271 e. The van der Waals surface area contributed by atoms with E-state index < -0.39 is 10.0 Å². The Balaban J connectivity index is 1.48. The van der Waals surface area contributed by atoms with Crippen LogP contribution in [-0.2, 0) is 23.6 Å². The average molecular weight is 430 g/mol. The summed E-state index contributed by atoms with van der Waals surface area (Å²) < 4.78 is 33.1. The van der Waals surface area contributed by atoms with Crippen molar-refractivity contribution in [3.8, 4) is 0 Å². The average Bonchev–Trinajstić information content (AvgIpc) is 3.44. The van der Waals surface area contributed by atoms with Crippen LogP contribution in [0.2, 0.25) is 0 Å². The molecule has 4 aromatic heterocycles. The summed E-state index contributed by atoms with van der Waals surface area (Å²) in [4.78, 5) is 9.38. The van der Waals surface area contributed by atoms with Crippen molar-refractivity contribution in [1.82, 2.24) is 43.4 Å². The number of sulfonamides is 1. The zero-order chi connectivity index (χ0) is 21.0. The molecule has 1 aliphatic heterocycles. The van der Waals surface area contributed by atoms with Gasteiger partial charge in [-0.3, -0.25) is 9.36 Å². The molecule has 0 bridgehead atoms. The first-order valence-electron chi connectivity index (χ1n) is 9.95. The third-order valence-electron chi connectivity index (χ3n) is 5.68. The summed E-state index contributed by atoms with van der Waals surface area (Å²) in [6, 6.07) is 0. The lowest BCUT2D eigenvalue weighted by molar-refractivity contribution is 0.309. The molecular weight excluding hydrogens is 406 g/mol. The Kier molecular flexibility index (Phi) is 4.36. The van der Waals surface area contributed by atoms with Gasteiger partial charge in [0, 0.05) is 38.8 Å². The second kappa shape index (κ2) is 6.84. The number of hydrogen-bond acceptors (Lipinski definition) is 7. The summed E-state index contributed by atoms with van der Waals surface area (Å²) in [5.41, 5.74) is 1.94. The minimum absolute atomic E-state index is 0.0818. The van der Waals surface area contributed by atoms with E-state index in [4.69, 9.17) is 4.98 Å². The van der Waals surface area contributed by atoms with Crippen LogP contribution >= 0.6 is 0 Å². The van der Waals surface area contributed by atoms with E-state index in [0.717, 1.165) is 23.9 Å². The Morgan fingerprint density at radius 1 is 1.23 bits per heavy atom. The monoisotopic (exact) mass is 429 g/mol. The molecule has 1 fully saturated rings. The van der Waals surface area contributed by atoms with Gasteiger partial charge in [0.2, 0.25) is 10.0 Å². The first-order chi connectivity index (χ1) is 14.4. The molecule has 0 amide bonds. The maximum atomic E-state index is 13.3. The molecule has 12 heteroatoms. The van der Waals surface area contributed by atoms with Crippen molar-refractivity contribution in [2.45, 2.75) is 44.0 Å². The normalized spacial score (nSPS) is 18.6. The van der Waals surface area contributed by atoms with Gasteiger partial charge in [0.05, 0.1) is 17.3 Å². The van der Waals surface area contributed by atoms with E-state index in [1.165, 1.54) is 4.31 Å². The van der Waals surface area contributed by atoms with E-state index in [1.54, 1.807) is 39.5 Å². The highest BCUT2D eigenvalue weighted by Gasteiger charge is 2.34. The predicted molar refractivity (Wildman–Crippen MR) is 108 cm³/mol. The van der Waals surface area contributed by atoms with E-state index in [9.17, 15) is 8.42 Å². The molecule has 0 aliphatic carbocycles. The molecule has 5 heterocycles. The summed E-state index contributed by atoms with van der Waals surface area (Å²) in [5.74, 6) is 0.552. The Morgan fingerprint density at radius 2 is 2.07 bits per heavy atom. The van der Waals surface area contributed by atoms with Crippen molar-refractivity contribution in [2.24, 2.45) is 7.05 Å². The highest BCUT2D eigenvalue weighted by molar-refractivity contribution is 7.89. The van der Waals surface area contributed by atoms with Crippen LogP contribution in [0.25, 0.3) is 16.7 Å². The number of hydrogen-bond donors (Lipinski definition) is 0. The predicted octanol–water partition coefficient (Wildman–Crippen LogP) is 1.10. The molecule has 1 saturated heterocycles. The van der Waals surface area contributed by atoms with Crippen LogP contribution in [0.5, 0.6) is 0 Å². The Bertz CT molecular complexity index is 1350. The maximum absolute atomic E-state index is 13.3. The number of aromatic nitrogens is 8. The number of rotatable bonds is 4. The standard InChI is InChI=1S/C18H23N9O2S/c1-4-25-10-15(12(2)22-25)30(28,29)26-7-5-6-13(9-26)16-21-18-14-8-20-24(3)17(14)19-11-27(18)23-16/h8,10-11,13H,4-7,9H2,1-3H3/t13-/m0/s1. The van der Waals surface area contributed by atoms with Crippen LogP contribution < -0.4 is 0 Å². The lowest BCUT2D eigenvalue weighted by Gasteiger charge is -2.30. The number of piperidine rings is 1. The Morgan fingerprint density at radius 3 is 2.83 bits per heavy atom.